The van der Waals surface area contributed by atoms with Gasteiger partial charge in [-0.15, -0.1) is 11.3 Å². The standard InChI is InChI=1S/C12H9FO2S/c1-7-9(4-5-16-7)8-2-3-11(13)10(6-8)12(14)15/h2-6H,1H3,(H,14,15). The van der Waals surface area contributed by atoms with Crippen LogP contribution in [-0.2, 0) is 0 Å². The molecule has 2 nitrogen and oxygen atoms in total. The Hall–Kier alpha value is -1.68. The normalized spacial score (nSPS) is 10.4. The fourth-order valence-corrected chi connectivity index (χ4v) is 2.26. The number of halogens is 1. The van der Waals surface area contributed by atoms with Crippen LogP contribution in [0.2, 0.25) is 0 Å². The topological polar surface area (TPSA) is 37.3 Å². The smallest absolute Gasteiger partial charge is 0.338 e. The summed E-state index contributed by atoms with van der Waals surface area (Å²) in [5, 5.41) is 10.7. The first-order chi connectivity index (χ1) is 7.59. The van der Waals surface area contributed by atoms with E-state index in [4.69, 9.17) is 5.11 Å². The van der Waals surface area contributed by atoms with Gasteiger partial charge < -0.3 is 5.11 Å². The first kappa shape index (κ1) is 10.8. The Morgan fingerprint density at radius 1 is 1.38 bits per heavy atom. The molecule has 0 spiro atoms. The number of carboxylic acid groups (broad SMARTS) is 1. The summed E-state index contributed by atoms with van der Waals surface area (Å²) in [5.74, 6) is -1.95. The van der Waals surface area contributed by atoms with E-state index >= 15 is 0 Å². The molecular formula is C12H9FO2S. The molecule has 0 bridgehead atoms. The van der Waals surface area contributed by atoms with E-state index in [0.717, 1.165) is 16.0 Å². The lowest BCUT2D eigenvalue weighted by Gasteiger charge is -2.03. The summed E-state index contributed by atoms with van der Waals surface area (Å²) < 4.78 is 13.2. The second kappa shape index (κ2) is 4.06. The van der Waals surface area contributed by atoms with Crippen LogP contribution in [-0.4, -0.2) is 11.1 Å². The Labute approximate surface area is 96.0 Å². The molecule has 1 heterocycles. The molecule has 0 amide bonds. The van der Waals surface area contributed by atoms with Gasteiger partial charge in [-0.05, 0) is 41.6 Å². The molecule has 1 aromatic heterocycles. The van der Waals surface area contributed by atoms with Gasteiger partial charge >= 0.3 is 5.97 Å². The maximum Gasteiger partial charge on any atom is 0.338 e. The number of carboxylic acids is 1. The van der Waals surface area contributed by atoms with E-state index in [1.54, 1.807) is 17.4 Å². The summed E-state index contributed by atoms with van der Waals surface area (Å²) in [4.78, 5) is 11.9. The highest BCUT2D eigenvalue weighted by Gasteiger charge is 2.12. The highest BCUT2D eigenvalue weighted by Crippen LogP contribution is 2.28. The number of thiophene rings is 1. The molecule has 0 fully saturated rings. The third kappa shape index (κ3) is 1.84. The fourth-order valence-electron chi connectivity index (χ4n) is 1.54. The van der Waals surface area contributed by atoms with Crippen molar-refractivity contribution >= 4 is 17.3 Å². The van der Waals surface area contributed by atoms with E-state index in [-0.39, 0.29) is 5.56 Å². The molecule has 0 radical (unpaired) electrons. The van der Waals surface area contributed by atoms with Crippen LogP contribution in [0.3, 0.4) is 0 Å². The van der Waals surface area contributed by atoms with Crippen molar-refractivity contribution in [3.8, 4) is 11.1 Å². The van der Waals surface area contributed by atoms with Crippen molar-refractivity contribution in [2.45, 2.75) is 6.92 Å². The highest BCUT2D eigenvalue weighted by molar-refractivity contribution is 7.10. The number of aromatic carboxylic acids is 1. The van der Waals surface area contributed by atoms with Gasteiger partial charge in [-0.25, -0.2) is 9.18 Å². The Balaban J connectivity index is 2.56. The molecule has 0 aliphatic heterocycles. The van der Waals surface area contributed by atoms with Gasteiger partial charge in [-0.2, -0.15) is 0 Å². The minimum absolute atomic E-state index is 0.289. The van der Waals surface area contributed by atoms with Crippen LogP contribution >= 0.6 is 11.3 Å². The van der Waals surface area contributed by atoms with Gasteiger partial charge in [0.05, 0.1) is 5.56 Å². The zero-order chi connectivity index (χ0) is 11.7. The number of hydrogen-bond donors (Lipinski definition) is 1. The van der Waals surface area contributed by atoms with Gasteiger partial charge in [-0.3, -0.25) is 0 Å². The van der Waals surface area contributed by atoms with Crippen molar-refractivity contribution in [1.29, 1.82) is 0 Å². The van der Waals surface area contributed by atoms with E-state index in [0.29, 0.717) is 0 Å². The van der Waals surface area contributed by atoms with Crippen LogP contribution in [0.25, 0.3) is 11.1 Å². The molecule has 2 aromatic rings. The summed E-state index contributed by atoms with van der Waals surface area (Å²) in [6, 6.07) is 6.05. The monoisotopic (exact) mass is 236 g/mol. The predicted octanol–water partition coefficient (Wildman–Crippen LogP) is 3.56. The predicted molar refractivity (Wildman–Crippen MR) is 61.4 cm³/mol. The molecule has 0 aliphatic rings. The van der Waals surface area contributed by atoms with E-state index in [2.05, 4.69) is 0 Å². The highest BCUT2D eigenvalue weighted by atomic mass is 32.1. The first-order valence-electron chi connectivity index (χ1n) is 4.67. The summed E-state index contributed by atoms with van der Waals surface area (Å²) in [6.45, 7) is 1.95. The maximum absolute atomic E-state index is 13.2. The second-order valence-electron chi connectivity index (χ2n) is 3.39. The molecule has 82 valence electrons. The summed E-state index contributed by atoms with van der Waals surface area (Å²) >= 11 is 1.58. The number of carbonyl (C=O) groups is 1. The summed E-state index contributed by atoms with van der Waals surface area (Å²) in [7, 11) is 0. The molecular weight excluding hydrogens is 227 g/mol. The maximum atomic E-state index is 13.2. The minimum atomic E-state index is -1.24. The average Bonchev–Trinajstić information content (AvgIpc) is 2.65. The van der Waals surface area contributed by atoms with Crippen molar-refractivity contribution in [2.75, 3.05) is 0 Å². The summed E-state index contributed by atoms with van der Waals surface area (Å²) in [5.41, 5.74) is 1.40. The molecule has 2 rings (SSSR count). The van der Waals surface area contributed by atoms with Crippen molar-refractivity contribution in [3.63, 3.8) is 0 Å². The van der Waals surface area contributed by atoms with Gasteiger partial charge in [0.2, 0.25) is 0 Å². The Kier molecular flexibility index (Phi) is 2.75. The van der Waals surface area contributed by atoms with Crippen molar-refractivity contribution in [1.82, 2.24) is 0 Å². The van der Waals surface area contributed by atoms with E-state index in [1.165, 1.54) is 12.1 Å². The van der Waals surface area contributed by atoms with Crippen molar-refractivity contribution in [3.05, 3.63) is 45.9 Å². The zero-order valence-electron chi connectivity index (χ0n) is 8.53. The average molecular weight is 236 g/mol. The SMILES string of the molecule is Cc1sccc1-c1ccc(F)c(C(=O)O)c1. The molecule has 0 saturated carbocycles. The molecule has 0 unspecified atom stereocenters. The minimum Gasteiger partial charge on any atom is -0.478 e. The third-order valence-electron chi connectivity index (χ3n) is 2.37. The van der Waals surface area contributed by atoms with Crippen LogP contribution in [0, 0.1) is 12.7 Å². The van der Waals surface area contributed by atoms with Crippen LogP contribution < -0.4 is 0 Å². The molecule has 4 heteroatoms. The lowest BCUT2D eigenvalue weighted by molar-refractivity contribution is 0.0692. The van der Waals surface area contributed by atoms with Gasteiger partial charge in [0.1, 0.15) is 5.82 Å². The Morgan fingerprint density at radius 2 is 2.12 bits per heavy atom. The van der Waals surface area contributed by atoms with E-state index in [1.807, 2.05) is 18.4 Å². The molecule has 0 aliphatic carbocycles. The van der Waals surface area contributed by atoms with E-state index < -0.39 is 11.8 Å². The fraction of sp³-hybridized carbons (Fsp3) is 0.0833. The lowest BCUT2D eigenvalue weighted by atomic mass is 10.0. The molecule has 0 atom stereocenters. The molecule has 1 aromatic carbocycles. The van der Waals surface area contributed by atoms with Crippen molar-refractivity contribution in [2.24, 2.45) is 0 Å². The number of rotatable bonds is 2. The number of aryl methyl sites for hydroxylation is 1. The molecule has 1 N–H and O–H groups in total. The lowest BCUT2D eigenvalue weighted by Crippen LogP contribution is -2.00. The van der Waals surface area contributed by atoms with Crippen LogP contribution in [0.15, 0.2) is 29.6 Å². The van der Waals surface area contributed by atoms with Gasteiger partial charge in [0.15, 0.2) is 0 Å². The largest absolute Gasteiger partial charge is 0.478 e. The second-order valence-corrected chi connectivity index (χ2v) is 4.51. The molecule has 0 saturated heterocycles. The van der Waals surface area contributed by atoms with E-state index in [9.17, 15) is 9.18 Å². The van der Waals surface area contributed by atoms with Crippen LogP contribution in [0.4, 0.5) is 4.39 Å². The van der Waals surface area contributed by atoms with Gasteiger partial charge in [0.25, 0.3) is 0 Å². The van der Waals surface area contributed by atoms with Crippen LogP contribution in [0.1, 0.15) is 15.2 Å². The summed E-state index contributed by atoms with van der Waals surface area (Å²) in [6.07, 6.45) is 0. The number of hydrogen-bond acceptors (Lipinski definition) is 2. The van der Waals surface area contributed by atoms with Crippen LogP contribution in [0.5, 0.6) is 0 Å². The number of benzene rings is 1. The Bertz CT molecular complexity index is 546. The Morgan fingerprint density at radius 3 is 2.69 bits per heavy atom. The van der Waals surface area contributed by atoms with Gasteiger partial charge in [0, 0.05) is 4.88 Å². The first-order valence-corrected chi connectivity index (χ1v) is 5.55. The van der Waals surface area contributed by atoms with Crippen molar-refractivity contribution < 1.29 is 14.3 Å². The molecule has 16 heavy (non-hydrogen) atoms. The zero-order valence-corrected chi connectivity index (χ0v) is 9.34. The van der Waals surface area contributed by atoms with Gasteiger partial charge in [-0.1, -0.05) is 6.07 Å². The quantitative estimate of drug-likeness (QED) is 0.865. The third-order valence-corrected chi connectivity index (χ3v) is 3.21.